The molecule has 0 aromatic heterocycles. The van der Waals surface area contributed by atoms with Gasteiger partial charge < -0.3 is 9.84 Å². The monoisotopic (exact) mass is 291 g/mol. The maximum absolute atomic E-state index is 11.5. The van der Waals surface area contributed by atoms with Gasteiger partial charge in [0.25, 0.3) is 0 Å². The second-order valence-electron chi connectivity index (χ2n) is 5.92. The molecule has 0 amide bonds. The van der Waals surface area contributed by atoms with Gasteiger partial charge in [0.15, 0.2) is 0 Å². The Balaban J connectivity index is 2.02. The molecule has 1 aromatic rings. The van der Waals surface area contributed by atoms with Crippen molar-refractivity contribution in [2.75, 3.05) is 20.2 Å². The lowest BCUT2D eigenvalue weighted by Gasteiger charge is -2.41. The third-order valence-electron chi connectivity index (χ3n) is 5.03. The minimum absolute atomic E-state index is 0.305. The van der Waals surface area contributed by atoms with Crippen molar-refractivity contribution >= 4 is 5.97 Å². The largest absolute Gasteiger partial charge is 0.497 e. The highest BCUT2D eigenvalue weighted by atomic mass is 16.5. The maximum Gasteiger partial charge on any atom is 0.309 e. The molecule has 0 aliphatic carbocycles. The number of rotatable bonds is 5. The number of likely N-dealkylation sites (tertiary alicyclic amines) is 1. The smallest absolute Gasteiger partial charge is 0.309 e. The van der Waals surface area contributed by atoms with E-state index in [2.05, 4.69) is 24.0 Å². The van der Waals surface area contributed by atoms with Gasteiger partial charge in [0.1, 0.15) is 5.75 Å². The second-order valence-corrected chi connectivity index (χ2v) is 5.92. The minimum atomic E-state index is -0.637. The summed E-state index contributed by atoms with van der Waals surface area (Å²) < 4.78 is 5.18. The fraction of sp³-hybridized carbons (Fsp3) is 0.588. The van der Waals surface area contributed by atoms with E-state index in [1.165, 1.54) is 5.56 Å². The zero-order valence-corrected chi connectivity index (χ0v) is 13.1. The summed E-state index contributed by atoms with van der Waals surface area (Å²) >= 11 is 0. The molecule has 2 rings (SSSR count). The van der Waals surface area contributed by atoms with Crippen LogP contribution in [-0.2, 0) is 4.79 Å². The highest BCUT2D eigenvalue weighted by molar-refractivity contribution is 5.74. The van der Waals surface area contributed by atoms with Gasteiger partial charge in [-0.2, -0.15) is 0 Å². The van der Waals surface area contributed by atoms with Crippen LogP contribution in [0.25, 0.3) is 0 Å². The van der Waals surface area contributed by atoms with Crippen molar-refractivity contribution < 1.29 is 14.6 Å². The van der Waals surface area contributed by atoms with Crippen molar-refractivity contribution in [1.29, 1.82) is 0 Å². The van der Waals surface area contributed by atoms with Gasteiger partial charge in [-0.1, -0.05) is 19.1 Å². The number of carboxylic acids is 1. The number of piperidine rings is 1. The van der Waals surface area contributed by atoms with E-state index < -0.39 is 11.4 Å². The zero-order chi connectivity index (χ0) is 15.5. The van der Waals surface area contributed by atoms with Gasteiger partial charge in [0, 0.05) is 6.04 Å². The Kier molecular flexibility index (Phi) is 4.88. The number of hydrogen-bond acceptors (Lipinski definition) is 3. The number of nitrogens with zero attached hydrogens (tertiary/aromatic N) is 1. The zero-order valence-electron chi connectivity index (χ0n) is 13.1. The van der Waals surface area contributed by atoms with Crippen molar-refractivity contribution in [3.8, 4) is 5.75 Å². The number of aliphatic carboxylic acids is 1. The fourth-order valence-electron chi connectivity index (χ4n) is 3.15. The van der Waals surface area contributed by atoms with Gasteiger partial charge in [-0.3, -0.25) is 9.69 Å². The van der Waals surface area contributed by atoms with E-state index in [0.29, 0.717) is 12.5 Å². The van der Waals surface area contributed by atoms with Gasteiger partial charge in [-0.25, -0.2) is 0 Å². The molecule has 1 atom stereocenters. The quantitative estimate of drug-likeness (QED) is 0.904. The van der Waals surface area contributed by atoms with Crippen molar-refractivity contribution in [3.05, 3.63) is 29.8 Å². The summed E-state index contributed by atoms with van der Waals surface area (Å²) in [4.78, 5) is 13.9. The highest BCUT2D eigenvalue weighted by Crippen LogP contribution is 2.37. The lowest BCUT2D eigenvalue weighted by atomic mass is 9.76. The van der Waals surface area contributed by atoms with E-state index in [0.717, 1.165) is 31.7 Å². The second kappa shape index (κ2) is 6.48. The number of ether oxygens (including phenoxy) is 1. The predicted molar refractivity (Wildman–Crippen MR) is 82.6 cm³/mol. The van der Waals surface area contributed by atoms with Crippen LogP contribution in [-0.4, -0.2) is 36.2 Å². The molecule has 1 saturated heterocycles. The molecule has 1 fully saturated rings. The molecule has 1 heterocycles. The lowest BCUT2D eigenvalue weighted by Crippen LogP contribution is -2.44. The maximum atomic E-state index is 11.5. The Morgan fingerprint density at radius 2 is 1.90 bits per heavy atom. The summed E-state index contributed by atoms with van der Waals surface area (Å²) in [5.41, 5.74) is 0.728. The van der Waals surface area contributed by atoms with Gasteiger partial charge >= 0.3 is 5.97 Å². The van der Waals surface area contributed by atoms with E-state index in [-0.39, 0.29) is 0 Å². The molecular weight excluding hydrogens is 266 g/mol. The van der Waals surface area contributed by atoms with Crippen molar-refractivity contribution in [1.82, 2.24) is 4.90 Å². The van der Waals surface area contributed by atoms with E-state index in [4.69, 9.17) is 4.74 Å². The number of benzene rings is 1. The number of carbonyl (C=O) groups is 1. The molecule has 1 aromatic carbocycles. The summed E-state index contributed by atoms with van der Waals surface area (Å²) in [6.45, 7) is 5.85. The van der Waals surface area contributed by atoms with Crippen LogP contribution in [0, 0.1) is 5.41 Å². The van der Waals surface area contributed by atoms with Crippen molar-refractivity contribution in [2.45, 2.75) is 39.2 Å². The molecule has 0 saturated carbocycles. The van der Waals surface area contributed by atoms with Gasteiger partial charge in [-0.15, -0.1) is 0 Å². The molecule has 0 spiro atoms. The summed E-state index contributed by atoms with van der Waals surface area (Å²) in [5.74, 6) is 0.224. The van der Waals surface area contributed by atoms with Crippen LogP contribution in [0.15, 0.2) is 24.3 Å². The van der Waals surface area contributed by atoms with Crippen LogP contribution in [0.2, 0.25) is 0 Å². The Morgan fingerprint density at radius 3 is 2.33 bits per heavy atom. The Labute approximate surface area is 126 Å². The van der Waals surface area contributed by atoms with Gasteiger partial charge in [0.2, 0.25) is 0 Å². The molecule has 21 heavy (non-hydrogen) atoms. The summed E-state index contributed by atoms with van der Waals surface area (Å²) in [6, 6.07) is 8.43. The Bertz CT molecular complexity index is 475. The van der Waals surface area contributed by atoms with E-state index in [9.17, 15) is 9.90 Å². The number of hydrogen-bond donors (Lipinski definition) is 1. The molecule has 1 N–H and O–H groups in total. The molecule has 116 valence electrons. The van der Waals surface area contributed by atoms with Gasteiger partial charge in [-0.05, 0) is 57.0 Å². The molecule has 4 heteroatoms. The van der Waals surface area contributed by atoms with Crippen LogP contribution in [0.1, 0.15) is 44.7 Å². The minimum Gasteiger partial charge on any atom is -0.497 e. The SMILES string of the molecule is CCC1(C(=O)O)CCN(C(C)c2ccc(OC)cc2)CC1. The highest BCUT2D eigenvalue weighted by Gasteiger charge is 2.40. The Hall–Kier alpha value is -1.55. The molecule has 1 unspecified atom stereocenters. The van der Waals surface area contributed by atoms with Crippen molar-refractivity contribution in [3.63, 3.8) is 0 Å². The van der Waals surface area contributed by atoms with E-state index in [1.54, 1.807) is 7.11 Å². The molecule has 1 aliphatic rings. The molecule has 0 bridgehead atoms. The lowest BCUT2D eigenvalue weighted by molar-refractivity contribution is -0.152. The third kappa shape index (κ3) is 3.21. The van der Waals surface area contributed by atoms with Gasteiger partial charge in [0.05, 0.1) is 12.5 Å². The fourth-order valence-corrected chi connectivity index (χ4v) is 3.15. The topological polar surface area (TPSA) is 49.8 Å². The normalized spacial score (nSPS) is 20.0. The van der Waals surface area contributed by atoms with E-state index >= 15 is 0 Å². The summed E-state index contributed by atoms with van der Waals surface area (Å²) in [7, 11) is 1.67. The molecule has 0 radical (unpaired) electrons. The summed E-state index contributed by atoms with van der Waals surface area (Å²) in [6.07, 6.45) is 2.19. The predicted octanol–water partition coefficient (Wildman–Crippen LogP) is 3.33. The van der Waals surface area contributed by atoms with Crippen LogP contribution in [0.3, 0.4) is 0 Å². The third-order valence-corrected chi connectivity index (χ3v) is 5.03. The van der Waals surface area contributed by atoms with E-state index in [1.807, 2.05) is 19.1 Å². The first-order chi connectivity index (χ1) is 10.0. The van der Waals surface area contributed by atoms with Crippen LogP contribution >= 0.6 is 0 Å². The Morgan fingerprint density at radius 1 is 1.33 bits per heavy atom. The average Bonchev–Trinajstić information content (AvgIpc) is 2.54. The first kappa shape index (κ1) is 15.8. The number of carboxylic acid groups (broad SMARTS) is 1. The first-order valence-corrected chi connectivity index (χ1v) is 7.64. The average molecular weight is 291 g/mol. The van der Waals surface area contributed by atoms with Crippen LogP contribution in [0.4, 0.5) is 0 Å². The van der Waals surface area contributed by atoms with Crippen LogP contribution in [0.5, 0.6) is 5.75 Å². The molecular formula is C17H25NO3. The molecule has 4 nitrogen and oxygen atoms in total. The molecule has 1 aliphatic heterocycles. The summed E-state index contributed by atoms with van der Waals surface area (Å²) in [5, 5.41) is 9.46. The number of methoxy groups -OCH3 is 1. The van der Waals surface area contributed by atoms with Crippen LogP contribution < -0.4 is 4.74 Å². The van der Waals surface area contributed by atoms with Crippen molar-refractivity contribution in [2.24, 2.45) is 5.41 Å². The standard InChI is InChI=1S/C17H25NO3/c1-4-17(16(19)20)9-11-18(12-10-17)13(2)14-5-7-15(21-3)8-6-14/h5-8,13H,4,9-12H2,1-3H3,(H,19,20). The first-order valence-electron chi connectivity index (χ1n) is 7.64.